The first kappa shape index (κ1) is 18.7. The highest BCUT2D eigenvalue weighted by atomic mass is 16.5. The van der Waals surface area contributed by atoms with Crippen LogP contribution in [-0.4, -0.2) is 34.6 Å². The van der Waals surface area contributed by atoms with Gasteiger partial charge in [0.25, 0.3) is 0 Å². The SMILES string of the molecule is CCOC(=O)[C@@H](CC(=O)O)N(Cc1ccccc1)Cc1ccccc1. The van der Waals surface area contributed by atoms with Crippen molar-refractivity contribution in [2.45, 2.75) is 32.5 Å². The predicted molar refractivity (Wildman–Crippen MR) is 94.8 cm³/mol. The molecule has 0 unspecified atom stereocenters. The van der Waals surface area contributed by atoms with Crippen LogP contribution in [0.15, 0.2) is 60.7 Å². The Kier molecular flexibility index (Phi) is 7.16. The van der Waals surface area contributed by atoms with Gasteiger partial charge in [-0.3, -0.25) is 14.5 Å². The third-order valence-corrected chi connectivity index (χ3v) is 3.82. The fraction of sp³-hybridized carbons (Fsp3) is 0.300. The van der Waals surface area contributed by atoms with Gasteiger partial charge in [0.15, 0.2) is 0 Å². The third kappa shape index (κ3) is 6.04. The van der Waals surface area contributed by atoms with E-state index in [1.807, 2.05) is 65.6 Å². The topological polar surface area (TPSA) is 66.8 Å². The van der Waals surface area contributed by atoms with Crippen LogP contribution >= 0.6 is 0 Å². The highest BCUT2D eigenvalue weighted by Gasteiger charge is 2.30. The van der Waals surface area contributed by atoms with Crippen molar-refractivity contribution in [3.05, 3.63) is 71.8 Å². The lowest BCUT2D eigenvalue weighted by atomic mass is 10.1. The molecule has 0 saturated heterocycles. The normalized spacial score (nSPS) is 11.9. The summed E-state index contributed by atoms with van der Waals surface area (Å²) in [6, 6.07) is 18.5. The van der Waals surface area contributed by atoms with Crippen molar-refractivity contribution in [2.75, 3.05) is 6.61 Å². The molecule has 0 aromatic heterocycles. The first-order chi connectivity index (χ1) is 12.1. The van der Waals surface area contributed by atoms with E-state index in [0.717, 1.165) is 11.1 Å². The summed E-state index contributed by atoms with van der Waals surface area (Å²) in [5, 5.41) is 9.25. The molecule has 0 aliphatic carbocycles. The summed E-state index contributed by atoms with van der Waals surface area (Å²) in [4.78, 5) is 25.5. The summed E-state index contributed by atoms with van der Waals surface area (Å²) in [5.41, 5.74) is 2.02. The Morgan fingerprint density at radius 1 is 0.960 bits per heavy atom. The average molecular weight is 341 g/mol. The van der Waals surface area contributed by atoms with Crippen LogP contribution in [0.1, 0.15) is 24.5 Å². The molecule has 0 saturated carbocycles. The van der Waals surface area contributed by atoms with Crippen LogP contribution in [0.3, 0.4) is 0 Å². The first-order valence-electron chi connectivity index (χ1n) is 8.30. The van der Waals surface area contributed by atoms with Gasteiger partial charge in [-0.25, -0.2) is 0 Å². The van der Waals surface area contributed by atoms with Gasteiger partial charge in [0.05, 0.1) is 13.0 Å². The minimum atomic E-state index is -1.02. The zero-order chi connectivity index (χ0) is 18.1. The monoisotopic (exact) mass is 341 g/mol. The van der Waals surface area contributed by atoms with Gasteiger partial charge in [0.2, 0.25) is 0 Å². The van der Waals surface area contributed by atoms with Crippen LogP contribution in [0, 0.1) is 0 Å². The van der Waals surface area contributed by atoms with Crippen LogP contribution in [-0.2, 0) is 27.4 Å². The van der Waals surface area contributed by atoms with Gasteiger partial charge < -0.3 is 9.84 Å². The summed E-state index contributed by atoms with van der Waals surface area (Å²) in [6.45, 7) is 2.87. The van der Waals surface area contributed by atoms with E-state index in [2.05, 4.69) is 0 Å². The molecule has 5 heteroatoms. The number of carbonyl (C=O) groups excluding carboxylic acids is 1. The Balaban J connectivity index is 2.28. The Hall–Kier alpha value is -2.66. The Morgan fingerprint density at radius 2 is 1.44 bits per heavy atom. The molecule has 132 valence electrons. The molecule has 0 heterocycles. The highest BCUT2D eigenvalue weighted by Crippen LogP contribution is 2.17. The van der Waals surface area contributed by atoms with Gasteiger partial charge in [0.1, 0.15) is 6.04 Å². The second kappa shape index (κ2) is 9.59. The van der Waals surface area contributed by atoms with Gasteiger partial charge in [-0.15, -0.1) is 0 Å². The number of esters is 1. The van der Waals surface area contributed by atoms with E-state index in [4.69, 9.17) is 4.74 Å². The fourth-order valence-corrected chi connectivity index (χ4v) is 2.68. The third-order valence-electron chi connectivity index (χ3n) is 3.82. The summed E-state index contributed by atoms with van der Waals surface area (Å²) >= 11 is 0. The van der Waals surface area contributed by atoms with Crippen LogP contribution in [0.5, 0.6) is 0 Å². The predicted octanol–water partition coefficient (Wildman–Crippen LogP) is 3.10. The highest BCUT2D eigenvalue weighted by molar-refractivity contribution is 5.82. The summed E-state index contributed by atoms with van der Waals surface area (Å²) in [6.07, 6.45) is -0.293. The molecule has 0 amide bonds. The van der Waals surface area contributed by atoms with Crippen molar-refractivity contribution >= 4 is 11.9 Å². The molecular weight excluding hydrogens is 318 g/mol. The van der Waals surface area contributed by atoms with Crippen molar-refractivity contribution in [3.63, 3.8) is 0 Å². The Labute approximate surface area is 147 Å². The van der Waals surface area contributed by atoms with Gasteiger partial charge in [-0.1, -0.05) is 60.7 Å². The van der Waals surface area contributed by atoms with Gasteiger partial charge in [-0.05, 0) is 18.1 Å². The summed E-state index contributed by atoms with van der Waals surface area (Å²) in [7, 11) is 0. The minimum Gasteiger partial charge on any atom is -0.481 e. The second-order valence-corrected chi connectivity index (χ2v) is 5.74. The zero-order valence-electron chi connectivity index (χ0n) is 14.3. The molecule has 0 fully saturated rings. The van der Waals surface area contributed by atoms with E-state index >= 15 is 0 Å². The molecule has 0 radical (unpaired) electrons. The van der Waals surface area contributed by atoms with Crippen molar-refractivity contribution in [1.82, 2.24) is 4.90 Å². The number of carboxylic acid groups (broad SMARTS) is 1. The van der Waals surface area contributed by atoms with Gasteiger partial charge in [-0.2, -0.15) is 0 Å². The standard InChI is InChI=1S/C20H23NO4/c1-2-25-20(24)18(13-19(22)23)21(14-16-9-5-3-6-10-16)15-17-11-7-4-8-12-17/h3-12,18H,2,13-15H2,1H3,(H,22,23)/t18-/m1/s1. The van der Waals surface area contributed by atoms with E-state index in [1.54, 1.807) is 6.92 Å². The maximum absolute atomic E-state index is 12.4. The molecule has 0 aliphatic rings. The maximum atomic E-state index is 12.4. The van der Waals surface area contributed by atoms with Crippen LogP contribution in [0.2, 0.25) is 0 Å². The quantitative estimate of drug-likeness (QED) is 0.710. The summed E-state index contributed by atoms with van der Waals surface area (Å²) < 4.78 is 5.12. The lowest BCUT2D eigenvalue weighted by Crippen LogP contribution is -2.43. The number of carboxylic acids is 1. The van der Waals surface area contributed by atoms with Crippen LogP contribution in [0.25, 0.3) is 0 Å². The molecule has 1 atom stereocenters. The number of rotatable bonds is 9. The van der Waals surface area contributed by atoms with E-state index in [1.165, 1.54) is 0 Å². The van der Waals surface area contributed by atoms with Gasteiger partial charge in [0, 0.05) is 13.1 Å². The summed E-state index contributed by atoms with van der Waals surface area (Å²) in [5.74, 6) is -1.53. The van der Waals surface area contributed by atoms with Crippen molar-refractivity contribution in [3.8, 4) is 0 Å². The minimum absolute atomic E-state index is 0.222. The molecule has 0 aliphatic heterocycles. The largest absolute Gasteiger partial charge is 0.481 e. The number of carbonyl (C=O) groups is 2. The van der Waals surface area contributed by atoms with Crippen LogP contribution in [0.4, 0.5) is 0 Å². The van der Waals surface area contributed by atoms with Crippen molar-refractivity contribution in [2.24, 2.45) is 0 Å². The number of aliphatic carboxylic acids is 1. The number of hydrogen-bond donors (Lipinski definition) is 1. The number of benzene rings is 2. The van der Waals surface area contributed by atoms with E-state index in [0.29, 0.717) is 13.1 Å². The van der Waals surface area contributed by atoms with Crippen molar-refractivity contribution in [1.29, 1.82) is 0 Å². The molecule has 2 rings (SSSR count). The molecule has 0 bridgehead atoms. The average Bonchev–Trinajstić information content (AvgIpc) is 2.61. The van der Waals surface area contributed by atoms with Crippen LogP contribution < -0.4 is 0 Å². The van der Waals surface area contributed by atoms with Crippen molar-refractivity contribution < 1.29 is 19.4 Å². The lowest BCUT2D eigenvalue weighted by Gasteiger charge is -2.29. The Morgan fingerprint density at radius 3 is 1.84 bits per heavy atom. The zero-order valence-corrected chi connectivity index (χ0v) is 14.3. The molecule has 0 spiro atoms. The smallest absolute Gasteiger partial charge is 0.323 e. The second-order valence-electron chi connectivity index (χ2n) is 5.74. The van der Waals surface area contributed by atoms with Gasteiger partial charge >= 0.3 is 11.9 Å². The lowest BCUT2D eigenvalue weighted by molar-refractivity contribution is -0.155. The Bertz CT molecular complexity index is 631. The van der Waals surface area contributed by atoms with E-state index < -0.39 is 18.0 Å². The van der Waals surface area contributed by atoms with E-state index in [-0.39, 0.29) is 13.0 Å². The first-order valence-corrected chi connectivity index (χ1v) is 8.30. The molecular formula is C20H23NO4. The van der Waals surface area contributed by atoms with E-state index in [9.17, 15) is 14.7 Å². The maximum Gasteiger partial charge on any atom is 0.323 e. The fourth-order valence-electron chi connectivity index (χ4n) is 2.68. The number of nitrogens with zero attached hydrogens (tertiary/aromatic N) is 1. The molecule has 1 N–H and O–H groups in total. The molecule has 5 nitrogen and oxygen atoms in total. The molecule has 2 aromatic rings. The number of ether oxygens (including phenoxy) is 1. The number of hydrogen-bond acceptors (Lipinski definition) is 4. The molecule has 2 aromatic carbocycles. The molecule has 25 heavy (non-hydrogen) atoms.